The first-order valence-corrected chi connectivity index (χ1v) is 5.81. The number of hydrogen-bond donors (Lipinski definition) is 0. The van der Waals surface area contributed by atoms with E-state index in [9.17, 15) is 10.1 Å². The van der Waals surface area contributed by atoms with Gasteiger partial charge in [-0.05, 0) is 5.56 Å². The fourth-order valence-electron chi connectivity index (χ4n) is 1.75. The van der Waals surface area contributed by atoms with Crippen molar-refractivity contribution in [2.75, 3.05) is 7.11 Å². The highest BCUT2D eigenvalue weighted by atomic mass is 16.5. The minimum absolute atomic E-state index is 0.205. The fraction of sp³-hybridized carbons (Fsp3) is 0.214. The fourth-order valence-corrected chi connectivity index (χ4v) is 1.75. The predicted molar refractivity (Wildman–Crippen MR) is 69.8 cm³/mol. The van der Waals surface area contributed by atoms with Gasteiger partial charge in [-0.3, -0.25) is 4.79 Å². The molecule has 1 aromatic carbocycles. The third-order valence-corrected chi connectivity index (χ3v) is 2.76. The Morgan fingerprint density at radius 3 is 2.68 bits per heavy atom. The van der Waals surface area contributed by atoms with Gasteiger partial charge in [-0.15, -0.1) is 5.10 Å². The van der Waals surface area contributed by atoms with Gasteiger partial charge in [0.1, 0.15) is 0 Å². The molecule has 0 radical (unpaired) electrons. The minimum Gasteiger partial charge on any atom is -0.480 e. The summed E-state index contributed by atoms with van der Waals surface area (Å²) in [4.78, 5) is 11.7. The summed E-state index contributed by atoms with van der Waals surface area (Å²) in [6.07, 6.45) is 0. The predicted octanol–water partition coefficient (Wildman–Crippen LogP) is 1.56. The number of nitrogens with zero attached hydrogens (tertiary/aromatic N) is 3. The molecule has 19 heavy (non-hydrogen) atoms. The molecule has 0 saturated heterocycles. The second-order valence-corrected chi connectivity index (χ2v) is 3.99. The molecule has 5 heteroatoms. The zero-order valence-electron chi connectivity index (χ0n) is 10.5. The van der Waals surface area contributed by atoms with Crippen LogP contribution in [0.25, 0.3) is 0 Å². The van der Waals surface area contributed by atoms with E-state index in [0.29, 0.717) is 5.88 Å². The number of ether oxygens (including phenoxy) is 1. The van der Waals surface area contributed by atoms with Crippen LogP contribution in [0.2, 0.25) is 0 Å². The molecule has 0 bridgehead atoms. The first-order valence-electron chi connectivity index (χ1n) is 5.81. The van der Waals surface area contributed by atoms with Crippen LogP contribution in [-0.4, -0.2) is 16.9 Å². The van der Waals surface area contributed by atoms with Crippen LogP contribution in [0.1, 0.15) is 11.5 Å². The third-order valence-electron chi connectivity index (χ3n) is 2.76. The van der Waals surface area contributed by atoms with Crippen LogP contribution >= 0.6 is 0 Å². The Labute approximate surface area is 110 Å². The molecule has 0 fully saturated rings. The molecule has 1 unspecified atom stereocenters. The number of methoxy groups -OCH3 is 1. The smallest absolute Gasteiger partial charge is 0.267 e. The summed E-state index contributed by atoms with van der Waals surface area (Å²) in [7, 11) is 1.48. The van der Waals surface area contributed by atoms with Crippen molar-refractivity contribution in [3.05, 3.63) is 58.4 Å². The van der Waals surface area contributed by atoms with Gasteiger partial charge < -0.3 is 4.74 Å². The van der Waals surface area contributed by atoms with Crippen LogP contribution in [-0.2, 0) is 6.54 Å². The average molecular weight is 255 g/mol. The Morgan fingerprint density at radius 2 is 2.05 bits per heavy atom. The SMILES string of the molecule is COc1ccc(=O)n(CC(C#N)c2ccccc2)n1. The number of rotatable bonds is 4. The third kappa shape index (κ3) is 2.99. The van der Waals surface area contributed by atoms with Gasteiger partial charge in [0, 0.05) is 12.1 Å². The lowest BCUT2D eigenvalue weighted by Gasteiger charge is -2.11. The van der Waals surface area contributed by atoms with E-state index in [1.54, 1.807) is 0 Å². The number of nitriles is 1. The van der Waals surface area contributed by atoms with E-state index in [-0.39, 0.29) is 12.1 Å². The van der Waals surface area contributed by atoms with E-state index in [1.165, 1.54) is 23.9 Å². The van der Waals surface area contributed by atoms with Crippen molar-refractivity contribution in [2.45, 2.75) is 12.5 Å². The van der Waals surface area contributed by atoms with Crippen LogP contribution in [0.3, 0.4) is 0 Å². The van der Waals surface area contributed by atoms with Gasteiger partial charge in [0.05, 0.1) is 25.6 Å². The summed E-state index contributed by atoms with van der Waals surface area (Å²) in [5, 5.41) is 13.3. The van der Waals surface area contributed by atoms with Crippen molar-refractivity contribution in [3.63, 3.8) is 0 Å². The summed E-state index contributed by atoms with van der Waals surface area (Å²) in [6.45, 7) is 0.205. The molecule has 0 aliphatic rings. The van der Waals surface area contributed by atoms with E-state index in [4.69, 9.17) is 4.74 Å². The van der Waals surface area contributed by atoms with Gasteiger partial charge in [0.2, 0.25) is 5.88 Å². The molecule has 0 N–H and O–H groups in total. The summed E-state index contributed by atoms with van der Waals surface area (Å²) in [6, 6.07) is 14.4. The summed E-state index contributed by atoms with van der Waals surface area (Å²) in [5.41, 5.74) is 0.610. The lowest BCUT2D eigenvalue weighted by atomic mass is 10.0. The van der Waals surface area contributed by atoms with Gasteiger partial charge in [0.15, 0.2) is 0 Å². The van der Waals surface area contributed by atoms with Crippen molar-refractivity contribution in [1.29, 1.82) is 5.26 Å². The van der Waals surface area contributed by atoms with Gasteiger partial charge >= 0.3 is 0 Å². The molecule has 2 rings (SSSR count). The van der Waals surface area contributed by atoms with Crippen LogP contribution < -0.4 is 10.3 Å². The van der Waals surface area contributed by atoms with Crippen molar-refractivity contribution in [3.8, 4) is 11.9 Å². The minimum atomic E-state index is -0.418. The quantitative estimate of drug-likeness (QED) is 0.831. The number of benzene rings is 1. The summed E-state index contributed by atoms with van der Waals surface area (Å²) in [5.74, 6) is -0.0668. The Balaban J connectivity index is 2.29. The molecule has 1 aromatic heterocycles. The van der Waals surface area contributed by atoms with Crippen LogP contribution in [0.15, 0.2) is 47.3 Å². The highest BCUT2D eigenvalue weighted by molar-refractivity contribution is 5.24. The van der Waals surface area contributed by atoms with Crippen LogP contribution in [0.4, 0.5) is 0 Å². The van der Waals surface area contributed by atoms with E-state index >= 15 is 0 Å². The lowest BCUT2D eigenvalue weighted by molar-refractivity contribution is 0.373. The van der Waals surface area contributed by atoms with Gasteiger partial charge in [-0.2, -0.15) is 5.26 Å². The Morgan fingerprint density at radius 1 is 1.32 bits per heavy atom. The molecule has 0 saturated carbocycles. The monoisotopic (exact) mass is 255 g/mol. The van der Waals surface area contributed by atoms with E-state index < -0.39 is 5.92 Å². The molecule has 0 amide bonds. The van der Waals surface area contributed by atoms with Crippen molar-refractivity contribution in [2.24, 2.45) is 0 Å². The second kappa shape index (κ2) is 5.83. The van der Waals surface area contributed by atoms with Gasteiger partial charge in [0.25, 0.3) is 5.56 Å². The summed E-state index contributed by atoms with van der Waals surface area (Å²) >= 11 is 0. The molecular weight excluding hydrogens is 242 g/mol. The van der Waals surface area contributed by atoms with Crippen LogP contribution in [0, 0.1) is 11.3 Å². The molecule has 2 aromatic rings. The van der Waals surface area contributed by atoms with E-state index in [1.807, 2.05) is 30.3 Å². The first kappa shape index (κ1) is 12.8. The Hall–Kier alpha value is -2.61. The van der Waals surface area contributed by atoms with E-state index in [0.717, 1.165) is 5.56 Å². The zero-order chi connectivity index (χ0) is 13.7. The molecule has 1 atom stereocenters. The van der Waals surface area contributed by atoms with Gasteiger partial charge in [-0.1, -0.05) is 30.3 Å². The molecule has 96 valence electrons. The number of hydrogen-bond acceptors (Lipinski definition) is 4. The van der Waals surface area contributed by atoms with Crippen LogP contribution in [0.5, 0.6) is 5.88 Å². The van der Waals surface area contributed by atoms with E-state index in [2.05, 4.69) is 11.2 Å². The molecular formula is C14H13N3O2. The highest BCUT2D eigenvalue weighted by Gasteiger charge is 2.13. The zero-order valence-corrected chi connectivity index (χ0v) is 10.5. The Bertz CT molecular complexity index is 644. The molecule has 0 spiro atoms. The normalized spacial score (nSPS) is 11.6. The molecule has 1 heterocycles. The maximum atomic E-state index is 11.7. The topological polar surface area (TPSA) is 67.9 Å². The first-order chi connectivity index (χ1) is 9.24. The molecule has 5 nitrogen and oxygen atoms in total. The number of aromatic nitrogens is 2. The average Bonchev–Trinajstić information content (AvgIpc) is 2.47. The standard InChI is InChI=1S/C14H13N3O2/c1-19-13-7-8-14(18)17(16-13)10-12(9-15)11-5-3-2-4-6-11/h2-8,12H,10H2,1H3. The van der Waals surface area contributed by atoms with Crippen molar-refractivity contribution >= 4 is 0 Å². The Kier molecular flexibility index (Phi) is 3.94. The molecule has 0 aliphatic carbocycles. The highest BCUT2D eigenvalue weighted by Crippen LogP contribution is 2.16. The van der Waals surface area contributed by atoms with Crippen molar-refractivity contribution in [1.82, 2.24) is 9.78 Å². The second-order valence-electron chi connectivity index (χ2n) is 3.99. The maximum absolute atomic E-state index is 11.7. The largest absolute Gasteiger partial charge is 0.480 e. The lowest BCUT2D eigenvalue weighted by Crippen LogP contribution is -2.24. The summed E-state index contributed by atoms with van der Waals surface area (Å²) < 4.78 is 6.23. The maximum Gasteiger partial charge on any atom is 0.267 e. The van der Waals surface area contributed by atoms with Gasteiger partial charge in [-0.25, -0.2) is 4.68 Å². The molecule has 0 aliphatic heterocycles. The van der Waals surface area contributed by atoms with Crippen molar-refractivity contribution < 1.29 is 4.74 Å².